The molecule has 0 saturated heterocycles. The maximum atomic E-state index is 5.90. The lowest BCUT2D eigenvalue weighted by atomic mass is 10.3. The molecule has 2 nitrogen and oxygen atoms in total. The van der Waals surface area contributed by atoms with Crippen LogP contribution in [-0.4, -0.2) is 13.7 Å². The van der Waals surface area contributed by atoms with Crippen LogP contribution in [0.3, 0.4) is 0 Å². The molecule has 0 N–H and O–H groups in total. The van der Waals surface area contributed by atoms with Crippen molar-refractivity contribution in [3.63, 3.8) is 0 Å². The molecule has 1 aromatic carbocycles. The Kier molecular flexibility index (Phi) is 5.09. The molecule has 0 spiro atoms. The summed E-state index contributed by atoms with van der Waals surface area (Å²) in [5.74, 6) is 1.24. The Bertz CT molecular complexity index is 360. The largest absolute Gasteiger partial charge is 0.495 e. The smallest absolute Gasteiger partial charge is 0.137 e. The Balaban J connectivity index is 2.63. The number of benzene rings is 1. The quantitative estimate of drug-likeness (QED) is 0.819. The van der Waals surface area contributed by atoms with E-state index in [9.17, 15) is 0 Å². The topological polar surface area (TPSA) is 18.5 Å². The molecule has 0 atom stereocenters. The maximum Gasteiger partial charge on any atom is 0.137 e. The molecular formula is C10H9Cl3O2. The summed E-state index contributed by atoms with van der Waals surface area (Å²) in [4.78, 5) is 0. The van der Waals surface area contributed by atoms with Gasteiger partial charge in [-0.2, -0.15) is 0 Å². The average Bonchev–Trinajstić information content (AvgIpc) is 2.17. The highest BCUT2D eigenvalue weighted by Crippen LogP contribution is 2.28. The third-order valence-electron chi connectivity index (χ3n) is 1.61. The average molecular weight is 268 g/mol. The van der Waals surface area contributed by atoms with Gasteiger partial charge < -0.3 is 9.47 Å². The van der Waals surface area contributed by atoms with Gasteiger partial charge in [-0.3, -0.25) is 0 Å². The zero-order chi connectivity index (χ0) is 11.3. The Morgan fingerprint density at radius 1 is 1.40 bits per heavy atom. The number of hydrogen-bond acceptors (Lipinski definition) is 2. The first kappa shape index (κ1) is 12.5. The summed E-state index contributed by atoms with van der Waals surface area (Å²) < 4.78 is 10.5. The molecule has 1 aromatic rings. The molecule has 0 amide bonds. The van der Waals surface area contributed by atoms with Gasteiger partial charge in [0.15, 0.2) is 0 Å². The van der Waals surface area contributed by atoms with Gasteiger partial charge >= 0.3 is 0 Å². The van der Waals surface area contributed by atoms with Crippen LogP contribution in [0, 0.1) is 0 Å². The molecule has 0 aliphatic carbocycles. The van der Waals surface area contributed by atoms with E-state index in [1.165, 1.54) is 0 Å². The van der Waals surface area contributed by atoms with E-state index in [4.69, 9.17) is 44.3 Å². The maximum absolute atomic E-state index is 5.90. The van der Waals surface area contributed by atoms with Gasteiger partial charge in [-0.1, -0.05) is 34.8 Å². The first-order valence-corrected chi connectivity index (χ1v) is 5.24. The van der Waals surface area contributed by atoms with E-state index in [-0.39, 0.29) is 4.49 Å². The van der Waals surface area contributed by atoms with Crippen LogP contribution in [0.25, 0.3) is 0 Å². The number of methoxy groups -OCH3 is 1. The van der Waals surface area contributed by atoms with E-state index in [1.54, 1.807) is 31.4 Å². The summed E-state index contributed by atoms with van der Waals surface area (Å²) in [6.45, 7) is 0.297. The molecule has 0 radical (unpaired) electrons. The van der Waals surface area contributed by atoms with Crippen molar-refractivity contribution in [1.82, 2.24) is 0 Å². The molecule has 0 aromatic heterocycles. The van der Waals surface area contributed by atoms with Crippen molar-refractivity contribution in [2.24, 2.45) is 0 Å². The predicted molar refractivity (Wildman–Crippen MR) is 63.3 cm³/mol. The third kappa shape index (κ3) is 4.20. The lowest BCUT2D eigenvalue weighted by Gasteiger charge is -2.06. The molecule has 0 unspecified atom stereocenters. The minimum atomic E-state index is 0.176. The molecule has 0 aliphatic heterocycles. The third-order valence-corrected chi connectivity index (χ3v) is 2.21. The monoisotopic (exact) mass is 266 g/mol. The first-order chi connectivity index (χ1) is 7.13. The van der Waals surface area contributed by atoms with Crippen molar-refractivity contribution in [3.8, 4) is 11.5 Å². The molecular weight excluding hydrogens is 258 g/mol. The number of ether oxygens (including phenoxy) is 2. The molecule has 5 heteroatoms. The fourth-order valence-electron chi connectivity index (χ4n) is 0.938. The van der Waals surface area contributed by atoms with Crippen LogP contribution >= 0.6 is 34.8 Å². The molecule has 0 saturated carbocycles. The Labute approximate surface area is 103 Å². The van der Waals surface area contributed by atoms with Gasteiger partial charge in [-0.15, -0.1) is 0 Å². The van der Waals surface area contributed by atoms with Gasteiger partial charge in [0.2, 0.25) is 0 Å². The molecule has 1 rings (SSSR count). The summed E-state index contributed by atoms with van der Waals surface area (Å²) in [5.41, 5.74) is 0. The van der Waals surface area contributed by atoms with E-state index < -0.39 is 0 Å². The predicted octanol–water partition coefficient (Wildman–Crippen LogP) is 4.05. The molecule has 0 aliphatic rings. The van der Waals surface area contributed by atoms with Crippen molar-refractivity contribution < 1.29 is 9.47 Å². The van der Waals surface area contributed by atoms with Crippen LogP contribution in [0.15, 0.2) is 28.8 Å². The Morgan fingerprint density at radius 3 is 2.67 bits per heavy atom. The summed E-state index contributed by atoms with van der Waals surface area (Å²) in [5, 5.41) is 0.496. The zero-order valence-corrected chi connectivity index (χ0v) is 10.2. The highest BCUT2D eigenvalue weighted by Gasteiger charge is 2.01. The molecule has 0 heterocycles. The Morgan fingerprint density at radius 2 is 2.13 bits per heavy atom. The van der Waals surface area contributed by atoms with Crippen molar-refractivity contribution >= 4 is 34.8 Å². The minimum absolute atomic E-state index is 0.176. The van der Waals surface area contributed by atoms with Gasteiger partial charge in [-0.25, -0.2) is 0 Å². The highest BCUT2D eigenvalue weighted by molar-refractivity contribution is 6.55. The van der Waals surface area contributed by atoms with Gasteiger partial charge in [-0.05, 0) is 18.2 Å². The zero-order valence-electron chi connectivity index (χ0n) is 7.97. The van der Waals surface area contributed by atoms with Gasteiger partial charge in [0.1, 0.15) is 22.6 Å². The van der Waals surface area contributed by atoms with Crippen molar-refractivity contribution in [2.45, 2.75) is 0 Å². The molecule has 82 valence electrons. The van der Waals surface area contributed by atoms with Crippen LogP contribution in [0.2, 0.25) is 5.02 Å². The summed E-state index contributed by atoms with van der Waals surface area (Å²) in [6.07, 6.45) is 1.54. The van der Waals surface area contributed by atoms with E-state index in [0.29, 0.717) is 23.1 Å². The second kappa shape index (κ2) is 6.11. The number of hydrogen-bond donors (Lipinski definition) is 0. The summed E-state index contributed by atoms with van der Waals surface area (Å²) in [6, 6.07) is 5.14. The number of halogens is 3. The Hall–Kier alpha value is -0.570. The van der Waals surface area contributed by atoms with Crippen LogP contribution in [0.5, 0.6) is 11.5 Å². The highest BCUT2D eigenvalue weighted by atomic mass is 35.5. The van der Waals surface area contributed by atoms with E-state index >= 15 is 0 Å². The van der Waals surface area contributed by atoms with Crippen LogP contribution in [0.1, 0.15) is 0 Å². The normalized spacial score (nSPS) is 9.60. The van der Waals surface area contributed by atoms with Crippen molar-refractivity contribution in [1.29, 1.82) is 0 Å². The van der Waals surface area contributed by atoms with E-state index in [2.05, 4.69) is 0 Å². The van der Waals surface area contributed by atoms with Crippen molar-refractivity contribution in [3.05, 3.63) is 33.8 Å². The lowest BCUT2D eigenvalue weighted by Crippen LogP contribution is -1.94. The van der Waals surface area contributed by atoms with Crippen LogP contribution in [0.4, 0.5) is 0 Å². The van der Waals surface area contributed by atoms with Crippen LogP contribution in [-0.2, 0) is 0 Å². The van der Waals surface area contributed by atoms with E-state index in [0.717, 1.165) is 0 Å². The SMILES string of the molecule is COc1ccc(OCC=C(Cl)Cl)cc1Cl. The lowest BCUT2D eigenvalue weighted by molar-refractivity contribution is 0.361. The fourth-order valence-corrected chi connectivity index (χ4v) is 1.31. The van der Waals surface area contributed by atoms with Crippen LogP contribution < -0.4 is 9.47 Å². The van der Waals surface area contributed by atoms with Crippen molar-refractivity contribution in [2.75, 3.05) is 13.7 Å². The fraction of sp³-hybridized carbons (Fsp3) is 0.200. The first-order valence-electron chi connectivity index (χ1n) is 4.11. The molecule has 0 fully saturated rings. The minimum Gasteiger partial charge on any atom is -0.495 e. The molecule has 15 heavy (non-hydrogen) atoms. The van der Waals surface area contributed by atoms with Gasteiger partial charge in [0, 0.05) is 6.07 Å². The number of rotatable bonds is 4. The van der Waals surface area contributed by atoms with Gasteiger partial charge in [0.05, 0.1) is 12.1 Å². The molecule has 0 bridgehead atoms. The second-order valence-electron chi connectivity index (χ2n) is 2.60. The summed E-state index contributed by atoms with van der Waals surface area (Å²) in [7, 11) is 1.55. The standard InChI is InChI=1S/C10H9Cl3O2/c1-14-9-3-2-7(6-8(9)11)15-5-4-10(12)13/h2-4,6H,5H2,1H3. The van der Waals surface area contributed by atoms with E-state index in [1.807, 2.05) is 0 Å². The second-order valence-corrected chi connectivity index (χ2v) is 4.02. The summed E-state index contributed by atoms with van der Waals surface area (Å²) >= 11 is 16.7. The van der Waals surface area contributed by atoms with Gasteiger partial charge in [0.25, 0.3) is 0 Å².